The van der Waals surface area contributed by atoms with Gasteiger partial charge in [-0.25, -0.2) is 4.39 Å². The van der Waals surface area contributed by atoms with Crippen molar-refractivity contribution in [1.29, 1.82) is 0 Å². The van der Waals surface area contributed by atoms with Crippen molar-refractivity contribution < 1.29 is 4.39 Å². The molecule has 1 aliphatic rings. The zero-order chi connectivity index (χ0) is 14.5. The van der Waals surface area contributed by atoms with Crippen LogP contribution in [-0.2, 0) is 6.42 Å². The van der Waals surface area contributed by atoms with Gasteiger partial charge in [-0.15, -0.1) is 0 Å². The summed E-state index contributed by atoms with van der Waals surface area (Å²) in [6.45, 7) is 4.08. The molecule has 0 aromatic heterocycles. The minimum absolute atomic E-state index is 0.212. The quantitative estimate of drug-likeness (QED) is 0.899. The molecule has 0 radical (unpaired) electrons. The van der Waals surface area contributed by atoms with Crippen molar-refractivity contribution in [3.63, 3.8) is 0 Å². The van der Waals surface area contributed by atoms with Crippen LogP contribution in [0.25, 0.3) is 0 Å². The first-order valence-electron chi connectivity index (χ1n) is 7.07. The Labute approximate surface area is 130 Å². The molecule has 2 atom stereocenters. The van der Waals surface area contributed by atoms with E-state index in [2.05, 4.69) is 24.2 Å². The summed E-state index contributed by atoms with van der Waals surface area (Å²) in [6, 6.07) is 5.95. The summed E-state index contributed by atoms with van der Waals surface area (Å²) < 4.78 is 14.1. The summed E-state index contributed by atoms with van der Waals surface area (Å²) in [6.07, 6.45) is 0.676. The second-order valence-corrected chi connectivity index (χ2v) is 6.76. The largest absolute Gasteiger partial charge is 0.312 e. The zero-order valence-corrected chi connectivity index (χ0v) is 13.6. The highest BCUT2D eigenvalue weighted by atomic mass is 35.5. The normalized spacial score (nSPS) is 21.9. The molecule has 1 N–H and O–H groups in total. The highest BCUT2D eigenvalue weighted by Gasteiger charge is 2.28. The number of benzene rings is 1. The molecule has 1 aromatic carbocycles. The predicted molar refractivity (Wildman–Crippen MR) is 86.3 cm³/mol. The maximum atomic E-state index is 14.1. The highest BCUT2D eigenvalue weighted by Crippen LogP contribution is 2.23. The van der Waals surface area contributed by atoms with Crippen LogP contribution in [0, 0.1) is 5.82 Å². The van der Waals surface area contributed by atoms with E-state index < -0.39 is 0 Å². The summed E-state index contributed by atoms with van der Waals surface area (Å²) >= 11 is 7.86. The van der Waals surface area contributed by atoms with Gasteiger partial charge < -0.3 is 10.2 Å². The molecule has 2 nitrogen and oxygen atoms in total. The lowest BCUT2D eigenvalue weighted by Crippen LogP contribution is -2.53. The Bertz CT molecular complexity index is 444. The van der Waals surface area contributed by atoms with E-state index in [4.69, 9.17) is 11.6 Å². The van der Waals surface area contributed by atoms with Gasteiger partial charge in [0.2, 0.25) is 0 Å². The fourth-order valence-electron chi connectivity index (χ4n) is 2.68. The lowest BCUT2D eigenvalue weighted by molar-refractivity contribution is 0.214. The van der Waals surface area contributed by atoms with E-state index in [0.717, 1.165) is 18.8 Å². The summed E-state index contributed by atoms with van der Waals surface area (Å²) in [4.78, 5) is 2.38. The second kappa shape index (κ2) is 7.64. The van der Waals surface area contributed by atoms with Gasteiger partial charge in [0.25, 0.3) is 0 Å². The van der Waals surface area contributed by atoms with Gasteiger partial charge in [-0.3, -0.25) is 0 Å². The molecule has 20 heavy (non-hydrogen) atoms. The summed E-state index contributed by atoms with van der Waals surface area (Å²) in [7, 11) is 2.16. The van der Waals surface area contributed by atoms with Crippen molar-refractivity contribution in [2.24, 2.45) is 0 Å². The monoisotopic (exact) mass is 316 g/mol. The summed E-state index contributed by atoms with van der Waals surface area (Å²) in [5.41, 5.74) is 0.701. The Kier molecular flexibility index (Phi) is 6.15. The molecule has 0 aliphatic carbocycles. The smallest absolute Gasteiger partial charge is 0.145 e. The van der Waals surface area contributed by atoms with Gasteiger partial charge in [0.05, 0.1) is 5.02 Å². The van der Waals surface area contributed by atoms with Gasteiger partial charge in [-0.1, -0.05) is 30.7 Å². The van der Waals surface area contributed by atoms with E-state index in [1.165, 1.54) is 5.75 Å². The minimum atomic E-state index is -0.275. The first-order valence-corrected chi connectivity index (χ1v) is 8.61. The molecule has 5 heteroatoms. The Morgan fingerprint density at radius 2 is 2.35 bits per heavy atom. The average Bonchev–Trinajstić information content (AvgIpc) is 2.44. The lowest BCUT2D eigenvalue weighted by Gasteiger charge is -2.38. The minimum Gasteiger partial charge on any atom is -0.312 e. The van der Waals surface area contributed by atoms with Crippen molar-refractivity contribution in [3.05, 3.63) is 34.6 Å². The molecule has 1 saturated heterocycles. The summed E-state index contributed by atoms with van der Waals surface area (Å²) in [5, 5.41) is 3.73. The van der Waals surface area contributed by atoms with Gasteiger partial charge in [0, 0.05) is 30.1 Å². The Morgan fingerprint density at radius 1 is 1.55 bits per heavy atom. The van der Waals surface area contributed by atoms with E-state index in [9.17, 15) is 4.39 Å². The molecular formula is C15H22ClFN2S. The third kappa shape index (κ3) is 3.88. The number of likely N-dealkylation sites (N-methyl/N-ethyl adjacent to an activating group) is 2. The zero-order valence-electron chi connectivity index (χ0n) is 12.0. The number of halogens is 2. The number of hydrogen-bond acceptors (Lipinski definition) is 3. The first kappa shape index (κ1) is 16.1. The van der Waals surface area contributed by atoms with Crippen molar-refractivity contribution in [2.45, 2.75) is 25.4 Å². The lowest BCUT2D eigenvalue weighted by atomic mass is 9.98. The van der Waals surface area contributed by atoms with Crippen molar-refractivity contribution in [3.8, 4) is 0 Å². The van der Waals surface area contributed by atoms with E-state index in [-0.39, 0.29) is 16.9 Å². The Balaban J connectivity index is 2.14. The molecule has 2 rings (SSSR count). The molecule has 1 fully saturated rings. The van der Waals surface area contributed by atoms with Crippen LogP contribution < -0.4 is 5.32 Å². The fraction of sp³-hybridized carbons (Fsp3) is 0.600. The van der Waals surface area contributed by atoms with E-state index in [1.807, 2.05) is 23.9 Å². The molecule has 0 spiro atoms. The molecule has 0 bridgehead atoms. The van der Waals surface area contributed by atoms with Crippen LogP contribution in [0.5, 0.6) is 0 Å². The van der Waals surface area contributed by atoms with Gasteiger partial charge in [0.15, 0.2) is 0 Å². The standard InChI is InChI=1S/C15H22ClFN2S/c1-3-18-13(14-10-20-8-7-19(14)2)9-11-5-4-6-12(16)15(11)17/h4-6,13-14,18H,3,7-10H2,1-2H3. The number of nitrogens with zero attached hydrogens (tertiary/aromatic N) is 1. The fourth-order valence-corrected chi connectivity index (χ4v) is 4.18. The number of hydrogen-bond donors (Lipinski definition) is 1. The van der Waals surface area contributed by atoms with Crippen LogP contribution in [0.15, 0.2) is 18.2 Å². The Hall–Kier alpha value is -0.290. The number of rotatable bonds is 5. The molecular weight excluding hydrogens is 295 g/mol. The maximum Gasteiger partial charge on any atom is 0.145 e. The van der Waals surface area contributed by atoms with Gasteiger partial charge in [0.1, 0.15) is 5.82 Å². The van der Waals surface area contributed by atoms with E-state index in [0.29, 0.717) is 18.0 Å². The number of thioether (sulfide) groups is 1. The van der Waals surface area contributed by atoms with Crippen molar-refractivity contribution in [2.75, 3.05) is 31.6 Å². The topological polar surface area (TPSA) is 15.3 Å². The predicted octanol–water partition coefficient (Wildman–Crippen LogP) is 3.05. The average molecular weight is 317 g/mol. The summed E-state index contributed by atoms with van der Waals surface area (Å²) in [5.74, 6) is 2.00. The number of nitrogens with one attached hydrogen (secondary N) is 1. The van der Waals surface area contributed by atoms with E-state index in [1.54, 1.807) is 6.07 Å². The maximum absolute atomic E-state index is 14.1. The van der Waals surface area contributed by atoms with Crippen LogP contribution in [0.1, 0.15) is 12.5 Å². The van der Waals surface area contributed by atoms with Crippen LogP contribution in [-0.4, -0.2) is 48.6 Å². The first-order chi connectivity index (χ1) is 9.63. The molecule has 1 heterocycles. The molecule has 0 saturated carbocycles. The van der Waals surface area contributed by atoms with Gasteiger partial charge in [-0.2, -0.15) is 11.8 Å². The van der Waals surface area contributed by atoms with E-state index >= 15 is 0 Å². The van der Waals surface area contributed by atoms with Crippen LogP contribution in [0.4, 0.5) is 4.39 Å². The molecule has 112 valence electrons. The molecule has 1 aliphatic heterocycles. The Morgan fingerprint density at radius 3 is 3.05 bits per heavy atom. The SMILES string of the molecule is CCNC(Cc1cccc(Cl)c1F)C1CSCCN1C. The third-order valence-electron chi connectivity index (χ3n) is 3.85. The second-order valence-electron chi connectivity index (χ2n) is 5.20. The molecule has 0 amide bonds. The molecule has 2 unspecified atom stereocenters. The van der Waals surface area contributed by atoms with Crippen LogP contribution in [0.3, 0.4) is 0 Å². The van der Waals surface area contributed by atoms with Gasteiger partial charge >= 0.3 is 0 Å². The third-order valence-corrected chi connectivity index (χ3v) is 5.19. The van der Waals surface area contributed by atoms with Crippen LogP contribution in [0.2, 0.25) is 5.02 Å². The van der Waals surface area contributed by atoms with Gasteiger partial charge in [-0.05, 0) is 31.6 Å². The highest BCUT2D eigenvalue weighted by molar-refractivity contribution is 7.99. The van der Waals surface area contributed by atoms with Crippen molar-refractivity contribution >= 4 is 23.4 Å². The van der Waals surface area contributed by atoms with Crippen LogP contribution >= 0.6 is 23.4 Å². The molecule has 1 aromatic rings. The van der Waals surface area contributed by atoms with Crippen molar-refractivity contribution in [1.82, 2.24) is 10.2 Å².